The summed E-state index contributed by atoms with van der Waals surface area (Å²) in [7, 11) is 0. The van der Waals surface area contributed by atoms with Crippen LogP contribution in [0.3, 0.4) is 0 Å². The Morgan fingerprint density at radius 3 is 2.45 bits per heavy atom. The summed E-state index contributed by atoms with van der Waals surface area (Å²) in [5.41, 5.74) is 0. The molecule has 60 valence electrons. The number of carboxylic acid groups (broad SMARTS) is 1. The van der Waals surface area contributed by atoms with Crippen LogP contribution in [0.5, 0.6) is 0 Å². The number of hydrogen-bond donors (Lipinski definition) is 1. The molecular formula is C7H8BrNO2. The highest BCUT2D eigenvalue weighted by Crippen LogP contribution is 2.02. The number of pyridine rings is 1. The molecule has 0 saturated heterocycles. The van der Waals surface area contributed by atoms with E-state index in [2.05, 4.69) is 20.9 Å². The van der Waals surface area contributed by atoms with E-state index in [-0.39, 0.29) is 0 Å². The third kappa shape index (κ3) is 9.10. The quantitative estimate of drug-likeness (QED) is 0.723. The second-order valence-electron chi connectivity index (χ2n) is 1.69. The number of halogens is 1. The van der Waals surface area contributed by atoms with Crippen molar-refractivity contribution in [2.24, 2.45) is 0 Å². The van der Waals surface area contributed by atoms with Crippen molar-refractivity contribution in [3.8, 4) is 0 Å². The molecule has 0 aliphatic rings. The summed E-state index contributed by atoms with van der Waals surface area (Å²) in [4.78, 5) is 12.8. The lowest BCUT2D eigenvalue weighted by atomic mass is 10.5. The monoisotopic (exact) mass is 217 g/mol. The van der Waals surface area contributed by atoms with Crippen LogP contribution in [-0.4, -0.2) is 16.1 Å². The first-order chi connectivity index (χ1) is 5.13. The van der Waals surface area contributed by atoms with Crippen LogP contribution in [0.1, 0.15) is 6.92 Å². The first kappa shape index (κ1) is 10.1. The Balaban J connectivity index is 0.000000218. The number of nitrogens with zero attached hydrogens (tertiary/aromatic N) is 1. The summed E-state index contributed by atoms with van der Waals surface area (Å²) in [5.74, 6) is -0.833. The Kier molecular flexibility index (Phi) is 5.37. The van der Waals surface area contributed by atoms with E-state index in [1.807, 2.05) is 12.1 Å². The second-order valence-corrected chi connectivity index (χ2v) is 2.61. The van der Waals surface area contributed by atoms with Gasteiger partial charge >= 0.3 is 0 Å². The van der Waals surface area contributed by atoms with E-state index >= 15 is 0 Å². The topological polar surface area (TPSA) is 50.2 Å². The third-order valence-electron chi connectivity index (χ3n) is 0.625. The zero-order chi connectivity index (χ0) is 8.69. The van der Waals surface area contributed by atoms with Gasteiger partial charge < -0.3 is 5.11 Å². The van der Waals surface area contributed by atoms with Crippen LogP contribution in [0.15, 0.2) is 29.0 Å². The highest BCUT2D eigenvalue weighted by atomic mass is 79.9. The van der Waals surface area contributed by atoms with Crippen molar-refractivity contribution in [2.45, 2.75) is 6.92 Å². The minimum atomic E-state index is -0.833. The minimum absolute atomic E-state index is 0.833. The van der Waals surface area contributed by atoms with Crippen LogP contribution in [0, 0.1) is 0 Å². The molecule has 0 aliphatic heterocycles. The van der Waals surface area contributed by atoms with Gasteiger partial charge in [-0.05, 0) is 28.1 Å². The maximum Gasteiger partial charge on any atom is 0.300 e. The van der Waals surface area contributed by atoms with Crippen molar-refractivity contribution in [1.82, 2.24) is 4.98 Å². The molecule has 0 unspecified atom stereocenters. The number of carbonyl (C=O) groups is 1. The molecule has 4 heteroatoms. The Labute approximate surface area is 73.2 Å². The molecule has 0 aromatic carbocycles. The lowest BCUT2D eigenvalue weighted by Crippen LogP contribution is -1.78. The Hall–Kier alpha value is -0.900. The van der Waals surface area contributed by atoms with Crippen LogP contribution in [-0.2, 0) is 4.79 Å². The van der Waals surface area contributed by atoms with Crippen molar-refractivity contribution < 1.29 is 9.90 Å². The number of rotatable bonds is 0. The number of aromatic nitrogens is 1. The summed E-state index contributed by atoms with van der Waals surface area (Å²) >= 11 is 3.25. The third-order valence-corrected chi connectivity index (χ3v) is 1.09. The smallest absolute Gasteiger partial charge is 0.300 e. The van der Waals surface area contributed by atoms with E-state index in [4.69, 9.17) is 9.90 Å². The maximum atomic E-state index is 9.00. The number of aliphatic carboxylic acids is 1. The molecule has 0 saturated carbocycles. The molecule has 1 rings (SSSR count). The minimum Gasteiger partial charge on any atom is -0.481 e. The van der Waals surface area contributed by atoms with Crippen molar-refractivity contribution in [3.63, 3.8) is 0 Å². The standard InChI is InChI=1S/C5H4BrN.C2H4O2/c6-5-2-1-3-7-4-5;1-2(3)4/h1-4H;1H3,(H,3,4). The van der Waals surface area contributed by atoms with E-state index in [1.165, 1.54) is 0 Å². The van der Waals surface area contributed by atoms with Crippen molar-refractivity contribution in [1.29, 1.82) is 0 Å². The average Bonchev–Trinajstić information content (AvgIpc) is 1.87. The van der Waals surface area contributed by atoms with Gasteiger partial charge in [0.2, 0.25) is 0 Å². The first-order valence-electron chi connectivity index (χ1n) is 2.88. The van der Waals surface area contributed by atoms with Crippen LogP contribution in [0.25, 0.3) is 0 Å². The predicted octanol–water partition coefficient (Wildman–Crippen LogP) is 1.93. The molecule has 0 radical (unpaired) electrons. The SMILES string of the molecule is Brc1cccnc1.CC(=O)O. The number of carboxylic acids is 1. The first-order valence-corrected chi connectivity index (χ1v) is 3.67. The molecule has 3 nitrogen and oxygen atoms in total. The van der Waals surface area contributed by atoms with Crippen LogP contribution in [0.4, 0.5) is 0 Å². The largest absolute Gasteiger partial charge is 0.481 e. The Morgan fingerprint density at radius 1 is 1.73 bits per heavy atom. The van der Waals surface area contributed by atoms with Crippen molar-refractivity contribution >= 4 is 21.9 Å². The summed E-state index contributed by atoms with van der Waals surface area (Å²) in [6.07, 6.45) is 3.49. The highest BCUT2D eigenvalue weighted by Gasteiger charge is 1.75. The van der Waals surface area contributed by atoms with E-state index in [9.17, 15) is 0 Å². The molecular weight excluding hydrogens is 210 g/mol. The second kappa shape index (κ2) is 5.85. The van der Waals surface area contributed by atoms with Gasteiger partial charge in [0, 0.05) is 23.8 Å². The van der Waals surface area contributed by atoms with E-state index in [0.29, 0.717) is 0 Å². The molecule has 0 fully saturated rings. The summed E-state index contributed by atoms with van der Waals surface area (Å²) < 4.78 is 1.02. The molecule has 0 amide bonds. The lowest BCUT2D eigenvalue weighted by Gasteiger charge is -1.80. The molecule has 0 aliphatic carbocycles. The lowest BCUT2D eigenvalue weighted by molar-refractivity contribution is -0.134. The molecule has 1 aromatic heterocycles. The van der Waals surface area contributed by atoms with Crippen LogP contribution in [0.2, 0.25) is 0 Å². The van der Waals surface area contributed by atoms with Crippen LogP contribution < -0.4 is 0 Å². The molecule has 0 atom stereocenters. The summed E-state index contributed by atoms with van der Waals surface area (Å²) in [6.45, 7) is 1.08. The molecule has 1 aromatic rings. The van der Waals surface area contributed by atoms with Gasteiger partial charge in [0.25, 0.3) is 5.97 Å². The fourth-order valence-electron chi connectivity index (χ4n) is 0.342. The fourth-order valence-corrected chi connectivity index (χ4v) is 0.613. The zero-order valence-electron chi connectivity index (χ0n) is 5.99. The molecule has 11 heavy (non-hydrogen) atoms. The zero-order valence-corrected chi connectivity index (χ0v) is 7.58. The Bertz CT molecular complexity index is 209. The normalized spacial score (nSPS) is 7.82. The van der Waals surface area contributed by atoms with Gasteiger partial charge in [0.05, 0.1) is 0 Å². The van der Waals surface area contributed by atoms with Gasteiger partial charge in [-0.3, -0.25) is 9.78 Å². The summed E-state index contributed by atoms with van der Waals surface area (Å²) in [5, 5.41) is 7.42. The predicted molar refractivity (Wildman–Crippen MR) is 45.2 cm³/mol. The van der Waals surface area contributed by atoms with Gasteiger partial charge in [0.15, 0.2) is 0 Å². The van der Waals surface area contributed by atoms with Gasteiger partial charge in [-0.15, -0.1) is 0 Å². The Morgan fingerprint density at radius 2 is 2.27 bits per heavy atom. The molecule has 1 N–H and O–H groups in total. The van der Waals surface area contributed by atoms with E-state index in [0.717, 1.165) is 11.4 Å². The van der Waals surface area contributed by atoms with Crippen molar-refractivity contribution in [3.05, 3.63) is 29.0 Å². The average molecular weight is 218 g/mol. The molecule has 0 bridgehead atoms. The summed E-state index contributed by atoms with van der Waals surface area (Å²) in [6, 6.07) is 3.82. The highest BCUT2D eigenvalue weighted by molar-refractivity contribution is 9.10. The van der Waals surface area contributed by atoms with E-state index in [1.54, 1.807) is 12.4 Å². The van der Waals surface area contributed by atoms with Gasteiger partial charge in [-0.2, -0.15) is 0 Å². The molecule has 1 heterocycles. The van der Waals surface area contributed by atoms with Gasteiger partial charge in [0.1, 0.15) is 0 Å². The van der Waals surface area contributed by atoms with Crippen LogP contribution >= 0.6 is 15.9 Å². The van der Waals surface area contributed by atoms with Gasteiger partial charge in [-0.1, -0.05) is 0 Å². The van der Waals surface area contributed by atoms with E-state index < -0.39 is 5.97 Å². The maximum absolute atomic E-state index is 9.00. The van der Waals surface area contributed by atoms with Crippen molar-refractivity contribution in [2.75, 3.05) is 0 Å². The fraction of sp³-hybridized carbons (Fsp3) is 0.143. The number of hydrogen-bond acceptors (Lipinski definition) is 2. The van der Waals surface area contributed by atoms with Gasteiger partial charge in [-0.25, -0.2) is 0 Å². The molecule has 0 spiro atoms.